The van der Waals surface area contributed by atoms with Crippen LogP contribution in [0.2, 0.25) is 5.02 Å². The summed E-state index contributed by atoms with van der Waals surface area (Å²) in [6, 6.07) is 3.39. The molecule has 0 N–H and O–H groups in total. The van der Waals surface area contributed by atoms with E-state index in [4.69, 9.17) is 21.1 Å². The Balaban J connectivity index is 1.92. The van der Waals surface area contributed by atoms with Crippen molar-refractivity contribution in [3.8, 4) is 11.5 Å². The number of ether oxygens (including phenoxy) is 2. The molecule has 5 heteroatoms. The summed E-state index contributed by atoms with van der Waals surface area (Å²) in [4.78, 5) is 14.6. The van der Waals surface area contributed by atoms with E-state index < -0.39 is 0 Å². The van der Waals surface area contributed by atoms with E-state index in [2.05, 4.69) is 27.7 Å². The Morgan fingerprint density at radius 2 is 1.86 bits per heavy atom. The number of halogens is 1. The lowest BCUT2D eigenvalue weighted by Gasteiger charge is -2.61. The Morgan fingerprint density at radius 1 is 1.19 bits per heavy atom. The zero-order chi connectivity index (χ0) is 15.4. The van der Waals surface area contributed by atoms with Gasteiger partial charge in [-0.1, -0.05) is 25.4 Å². The maximum atomic E-state index is 12.7. The molecule has 0 unspecified atom stereocenters. The second-order valence-corrected chi connectivity index (χ2v) is 7.22. The van der Waals surface area contributed by atoms with Crippen LogP contribution in [-0.2, 0) is 0 Å². The first-order valence-electron chi connectivity index (χ1n) is 7.15. The maximum Gasteiger partial charge on any atom is 0.254 e. The Kier molecular flexibility index (Phi) is 3.14. The zero-order valence-electron chi connectivity index (χ0n) is 12.8. The second-order valence-electron chi connectivity index (χ2n) is 6.82. The van der Waals surface area contributed by atoms with Gasteiger partial charge >= 0.3 is 0 Å². The number of likely N-dealkylation sites (tertiary alicyclic amines) is 1. The van der Waals surface area contributed by atoms with Crippen LogP contribution in [0.5, 0.6) is 11.5 Å². The van der Waals surface area contributed by atoms with Crippen molar-refractivity contribution in [1.29, 1.82) is 0 Å². The number of nitrogens with zero attached hydrogens (tertiary/aromatic N) is 1. The fourth-order valence-electron chi connectivity index (χ4n) is 2.78. The smallest absolute Gasteiger partial charge is 0.254 e. The lowest BCUT2D eigenvalue weighted by molar-refractivity contribution is -0.0881. The second kappa shape index (κ2) is 4.54. The number of benzene rings is 1. The Bertz CT molecular complexity index is 610. The van der Waals surface area contributed by atoms with E-state index in [1.54, 1.807) is 12.1 Å². The molecule has 2 heterocycles. The van der Waals surface area contributed by atoms with Gasteiger partial charge in [-0.05, 0) is 26.0 Å². The molecule has 4 nitrogen and oxygen atoms in total. The van der Waals surface area contributed by atoms with E-state index in [0.717, 1.165) is 6.54 Å². The lowest BCUT2D eigenvalue weighted by Crippen LogP contribution is -2.70. The van der Waals surface area contributed by atoms with Crippen LogP contribution in [0, 0.1) is 5.41 Å². The van der Waals surface area contributed by atoms with Crippen LogP contribution in [0.4, 0.5) is 0 Å². The predicted molar refractivity (Wildman–Crippen MR) is 81.3 cm³/mol. The van der Waals surface area contributed by atoms with Crippen LogP contribution in [0.3, 0.4) is 0 Å². The largest absolute Gasteiger partial charge is 0.486 e. The molecule has 0 radical (unpaired) electrons. The third kappa shape index (κ3) is 2.08. The van der Waals surface area contributed by atoms with Crippen LogP contribution in [-0.4, -0.2) is 36.1 Å². The van der Waals surface area contributed by atoms with Crippen LogP contribution in [0.25, 0.3) is 0 Å². The zero-order valence-corrected chi connectivity index (χ0v) is 13.6. The molecule has 2 aliphatic heterocycles. The van der Waals surface area contributed by atoms with Gasteiger partial charge in [0.25, 0.3) is 5.91 Å². The van der Waals surface area contributed by atoms with Crippen LogP contribution < -0.4 is 9.47 Å². The van der Waals surface area contributed by atoms with Gasteiger partial charge in [0.05, 0.1) is 5.02 Å². The number of carbonyl (C=O) groups excluding carboxylic acids is 1. The van der Waals surface area contributed by atoms with Gasteiger partial charge in [-0.15, -0.1) is 0 Å². The molecule has 0 aromatic heterocycles. The molecule has 1 fully saturated rings. The van der Waals surface area contributed by atoms with E-state index in [1.165, 1.54) is 0 Å². The number of fused-ring (bicyclic) bond motifs is 1. The van der Waals surface area contributed by atoms with Gasteiger partial charge in [-0.25, -0.2) is 0 Å². The first-order valence-corrected chi connectivity index (χ1v) is 7.53. The average Bonchev–Trinajstić information content (AvgIpc) is 2.44. The maximum absolute atomic E-state index is 12.7. The summed E-state index contributed by atoms with van der Waals surface area (Å²) in [5, 5.41) is 0.424. The number of hydrogen-bond donors (Lipinski definition) is 0. The van der Waals surface area contributed by atoms with Gasteiger partial charge < -0.3 is 14.4 Å². The summed E-state index contributed by atoms with van der Waals surface area (Å²) in [7, 11) is 0. The summed E-state index contributed by atoms with van der Waals surface area (Å²) in [5.74, 6) is 1.07. The minimum absolute atomic E-state index is 0.0156. The van der Waals surface area contributed by atoms with Crippen molar-refractivity contribution in [2.24, 2.45) is 5.41 Å². The first kappa shape index (κ1) is 14.5. The molecule has 1 aromatic rings. The van der Waals surface area contributed by atoms with E-state index in [9.17, 15) is 4.79 Å². The van der Waals surface area contributed by atoms with Crippen LogP contribution >= 0.6 is 11.6 Å². The molecule has 0 saturated carbocycles. The summed E-state index contributed by atoms with van der Waals surface area (Å²) in [5.41, 5.74) is 0.484. The van der Waals surface area contributed by atoms with E-state index in [0.29, 0.717) is 35.3 Å². The van der Waals surface area contributed by atoms with Crippen molar-refractivity contribution >= 4 is 17.5 Å². The number of carbonyl (C=O) groups is 1. The molecular formula is C16H20ClNO3. The fourth-order valence-corrected chi connectivity index (χ4v) is 3.04. The van der Waals surface area contributed by atoms with Crippen molar-refractivity contribution in [2.45, 2.75) is 33.2 Å². The van der Waals surface area contributed by atoms with Crippen molar-refractivity contribution in [3.05, 3.63) is 22.7 Å². The summed E-state index contributed by atoms with van der Waals surface area (Å²) in [6.45, 7) is 10.2. The average molecular weight is 310 g/mol. The number of rotatable bonds is 1. The van der Waals surface area contributed by atoms with Crippen molar-refractivity contribution in [3.63, 3.8) is 0 Å². The molecule has 0 bridgehead atoms. The van der Waals surface area contributed by atoms with Gasteiger partial charge in [-0.2, -0.15) is 0 Å². The molecule has 0 atom stereocenters. The van der Waals surface area contributed by atoms with Crippen LogP contribution in [0.15, 0.2) is 12.1 Å². The lowest BCUT2D eigenvalue weighted by atomic mass is 9.65. The molecule has 1 amide bonds. The Hall–Kier alpha value is -1.42. The summed E-state index contributed by atoms with van der Waals surface area (Å²) >= 11 is 6.21. The van der Waals surface area contributed by atoms with E-state index in [-0.39, 0.29) is 16.9 Å². The quantitative estimate of drug-likeness (QED) is 0.798. The predicted octanol–water partition coefficient (Wildman–Crippen LogP) is 3.37. The summed E-state index contributed by atoms with van der Waals surface area (Å²) in [6.07, 6.45) is 0. The molecule has 1 aromatic carbocycles. The third-order valence-electron chi connectivity index (χ3n) is 4.97. The minimum Gasteiger partial charge on any atom is -0.486 e. The standard InChI is InChI=1S/C16H20ClNO3/c1-15(2)9-18(16(15,3)4)14(19)10-7-11(17)13-12(8-10)20-5-6-21-13/h7-8H,5-6,9H2,1-4H3. The Morgan fingerprint density at radius 3 is 2.48 bits per heavy atom. The highest BCUT2D eigenvalue weighted by atomic mass is 35.5. The molecule has 0 spiro atoms. The molecule has 21 heavy (non-hydrogen) atoms. The highest BCUT2D eigenvalue weighted by Crippen LogP contribution is 2.47. The molecule has 0 aliphatic carbocycles. The van der Waals surface area contributed by atoms with Gasteiger partial charge in [0, 0.05) is 23.1 Å². The third-order valence-corrected chi connectivity index (χ3v) is 5.25. The van der Waals surface area contributed by atoms with E-state index in [1.807, 2.05) is 4.90 Å². The van der Waals surface area contributed by atoms with E-state index >= 15 is 0 Å². The van der Waals surface area contributed by atoms with Crippen molar-refractivity contribution in [2.75, 3.05) is 19.8 Å². The summed E-state index contributed by atoms with van der Waals surface area (Å²) < 4.78 is 11.0. The van der Waals surface area contributed by atoms with Gasteiger partial charge in [-0.3, -0.25) is 4.79 Å². The highest BCUT2D eigenvalue weighted by Gasteiger charge is 2.54. The Labute approximate surface area is 130 Å². The van der Waals surface area contributed by atoms with Gasteiger partial charge in [0.1, 0.15) is 13.2 Å². The number of hydrogen-bond acceptors (Lipinski definition) is 3. The molecule has 3 rings (SSSR count). The SMILES string of the molecule is CC1(C)CN(C(=O)c2cc(Cl)c3c(c2)OCCO3)C1(C)C. The molecular weight excluding hydrogens is 290 g/mol. The number of amides is 1. The topological polar surface area (TPSA) is 38.8 Å². The van der Waals surface area contributed by atoms with Crippen molar-refractivity contribution < 1.29 is 14.3 Å². The normalized spacial score (nSPS) is 21.7. The first-order chi connectivity index (χ1) is 9.74. The monoisotopic (exact) mass is 309 g/mol. The van der Waals surface area contributed by atoms with Crippen LogP contribution in [0.1, 0.15) is 38.1 Å². The van der Waals surface area contributed by atoms with Gasteiger partial charge in [0.15, 0.2) is 11.5 Å². The molecule has 1 saturated heterocycles. The molecule has 114 valence electrons. The minimum atomic E-state index is -0.177. The fraction of sp³-hybridized carbons (Fsp3) is 0.562. The highest BCUT2D eigenvalue weighted by molar-refractivity contribution is 6.32. The molecule has 2 aliphatic rings. The van der Waals surface area contributed by atoms with Gasteiger partial charge in [0.2, 0.25) is 0 Å². The van der Waals surface area contributed by atoms with Crippen molar-refractivity contribution in [1.82, 2.24) is 4.90 Å².